The summed E-state index contributed by atoms with van der Waals surface area (Å²) in [6.07, 6.45) is 1.17. The van der Waals surface area contributed by atoms with Gasteiger partial charge in [-0.25, -0.2) is 0 Å². The summed E-state index contributed by atoms with van der Waals surface area (Å²) < 4.78 is 10.4. The van der Waals surface area contributed by atoms with Crippen molar-refractivity contribution in [3.8, 4) is 11.5 Å². The van der Waals surface area contributed by atoms with E-state index >= 15 is 0 Å². The van der Waals surface area contributed by atoms with E-state index in [0.29, 0.717) is 36.4 Å². The van der Waals surface area contributed by atoms with Gasteiger partial charge in [-0.1, -0.05) is 6.92 Å². The first kappa shape index (κ1) is 14.2. The number of carbonyl (C=O) groups excluding carboxylic acids is 1. The molecule has 1 atom stereocenters. The van der Waals surface area contributed by atoms with Crippen molar-refractivity contribution in [2.45, 2.75) is 19.8 Å². The molecule has 6 nitrogen and oxygen atoms in total. The first-order chi connectivity index (χ1) is 9.58. The van der Waals surface area contributed by atoms with E-state index < -0.39 is 11.9 Å². The van der Waals surface area contributed by atoms with Gasteiger partial charge in [-0.05, 0) is 31.0 Å². The highest BCUT2D eigenvalue weighted by Gasteiger charge is 2.16. The highest BCUT2D eigenvalue weighted by atomic mass is 16.7. The number of aliphatic carboxylic acids is 1. The molecule has 0 bridgehead atoms. The standard InChI is InChI=1S/C14H17NO5/c1-9(14(17)18)3-2-6-15-13(16)10-4-5-11-12(7-10)20-8-19-11/h4-5,7,9H,2-3,6,8H2,1H3,(H,15,16)(H,17,18). The molecule has 0 aliphatic carbocycles. The highest BCUT2D eigenvalue weighted by molar-refractivity contribution is 5.94. The lowest BCUT2D eigenvalue weighted by molar-refractivity contribution is -0.141. The number of hydrogen-bond donors (Lipinski definition) is 2. The average Bonchev–Trinajstić information content (AvgIpc) is 2.90. The van der Waals surface area contributed by atoms with Gasteiger partial charge < -0.3 is 19.9 Å². The Morgan fingerprint density at radius 1 is 1.35 bits per heavy atom. The van der Waals surface area contributed by atoms with Crippen LogP contribution in [0.4, 0.5) is 0 Å². The molecule has 1 aromatic rings. The number of rotatable bonds is 6. The van der Waals surface area contributed by atoms with Crippen LogP contribution < -0.4 is 14.8 Å². The van der Waals surface area contributed by atoms with E-state index in [-0.39, 0.29) is 12.7 Å². The Bertz CT molecular complexity index is 514. The Morgan fingerprint density at radius 2 is 2.10 bits per heavy atom. The summed E-state index contributed by atoms with van der Waals surface area (Å²) in [5, 5.41) is 11.5. The number of carboxylic acids is 1. The summed E-state index contributed by atoms with van der Waals surface area (Å²) >= 11 is 0. The van der Waals surface area contributed by atoms with Crippen LogP contribution in [0.5, 0.6) is 11.5 Å². The van der Waals surface area contributed by atoms with Gasteiger partial charge in [-0.2, -0.15) is 0 Å². The predicted octanol–water partition coefficient (Wildman–Crippen LogP) is 1.65. The average molecular weight is 279 g/mol. The Kier molecular flexibility index (Phi) is 4.45. The fourth-order valence-corrected chi connectivity index (χ4v) is 1.87. The van der Waals surface area contributed by atoms with Crippen molar-refractivity contribution >= 4 is 11.9 Å². The van der Waals surface area contributed by atoms with Crippen LogP contribution in [0.1, 0.15) is 30.1 Å². The van der Waals surface area contributed by atoms with E-state index in [1.165, 1.54) is 0 Å². The van der Waals surface area contributed by atoms with Crippen LogP contribution in [0.2, 0.25) is 0 Å². The molecule has 2 N–H and O–H groups in total. The van der Waals surface area contributed by atoms with E-state index in [9.17, 15) is 9.59 Å². The smallest absolute Gasteiger partial charge is 0.306 e. The zero-order valence-electron chi connectivity index (χ0n) is 11.2. The van der Waals surface area contributed by atoms with E-state index in [0.717, 1.165) is 0 Å². The number of hydrogen-bond acceptors (Lipinski definition) is 4. The summed E-state index contributed by atoms with van der Waals surface area (Å²) in [6.45, 7) is 2.28. The number of benzene rings is 1. The van der Waals surface area contributed by atoms with Crippen molar-refractivity contribution in [1.29, 1.82) is 0 Å². The van der Waals surface area contributed by atoms with Gasteiger partial charge in [0.15, 0.2) is 11.5 Å². The molecule has 0 radical (unpaired) electrons. The molecule has 1 unspecified atom stereocenters. The van der Waals surface area contributed by atoms with Gasteiger partial charge in [0.05, 0.1) is 5.92 Å². The van der Waals surface area contributed by atoms with Crippen LogP contribution in [0, 0.1) is 5.92 Å². The molecule has 0 spiro atoms. The van der Waals surface area contributed by atoms with E-state index in [1.54, 1.807) is 25.1 Å². The fraction of sp³-hybridized carbons (Fsp3) is 0.429. The molecular weight excluding hydrogens is 262 g/mol. The van der Waals surface area contributed by atoms with Crippen LogP contribution in [-0.2, 0) is 4.79 Å². The molecule has 0 saturated carbocycles. The van der Waals surface area contributed by atoms with Crippen molar-refractivity contribution < 1.29 is 24.2 Å². The molecule has 2 rings (SSSR count). The molecule has 108 valence electrons. The van der Waals surface area contributed by atoms with E-state index in [1.807, 2.05) is 0 Å². The van der Waals surface area contributed by atoms with Crippen LogP contribution in [0.3, 0.4) is 0 Å². The van der Waals surface area contributed by atoms with Crippen molar-refractivity contribution in [3.05, 3.63) is 23.8 Å². The monoisotopic (exact) mass is 279 g/mol. The zero-order chi connectivity index (χ0) is 14.5. The van der Waals surface area contributed by atoms with Crippen molar-refractivity contribution in [2.75, 3.05) is 13.3 Å². The summed E-state index contributed by atoms with van der Waals surface area (Å²) in [5.74, 6) is -0.204. The minimum absolute atomic E-state index is 0.174. The number of ether oxygens (including phenoxy) is 2. The second kappa shape index (κ2) is 6.27. The molecule has 1 aliphatic rings. The van der Waals surface area contributed by atoms with Gasteiger partial charge >= 0.3 is 5.97 Å². The molecule has 0 saturated heterocycles. The minimum atomic E-state index is -0.813. The quantitative estimate of drug-likeness (QED) is 0.773. The summed E-state index contributed by atoms with van der Waals surface area (Å²) in [7, 11) is 0. The Morgan fingerprint density at radius 3 is 2.85 bits per heavy atom. The molecule has 6 heteroatoms. The van der Waals surface area contributed by atoms with E-state index in [2.05, 4.69) is 5.32 Å². The van der Waals surface area contributed by atoms with Gasteiger partial charge in [-0.15, -0.1) is 0 Å². The fourth-order valence-electron chi connectivity index (χ4n) is 1.87. The minimum Gasteiger partial charge on any atom is -0.481 e. The summed E-state index contributed by atoms with van der Waals surface area (Å²) in [4.78, 5) is 22.5. The third-order valence-corrected chi connectivity index (χ3v) is 3.16. The third kappa shape index (κ3) is 3.40. The Hall–Kier alpha value is -2.24. The molecule has 1 aromatic carbocycles. The maximum absolute atomic E-state index is 11.9. The normalized spacial score (nSPS) is 13.8. The maximum Gasteiger partial charge on any atom is 0.306 e. The Balaban J connectivity index is 1.79. The molecule has 1 heterocycles. The molecule has 20 heavy (non-hydrogen) atoms. The van der Waals surface area contributed by atoms with Gasteiger partial charge in [0.2, 0.25) is 6.79 Å². The molecule has 0 fully saturated rings. The van der Waals surface area contributed by atoms with Gasteiger partial charge in [0.25, 0.3) is 5.91 Å². The first-order valence-electron chi connectivity index (χ1n) is 6.48. The van der Waals surface area contributed by atoms with Crippen molar-refractivity contribution in [1.82, 2.24) is 5.32 Å². The number of nitrogens with one attached hydrogen (secondary N) is 1. The lowest BCUT2D eigenvalue weighted by Gasteiger charge is -2.08. The molecule has 1 aliphatic heterocycles. The molecule has 0 aromatic heterocycles. The van der Waals surface area contributed by atoms with Gasteiger partial charge in [-0.3, -0.25) is 9.59 Å². The summed E-state index contributed by atoms with van der Waals surface area (Å²) in [6, 6.07) is 5.00. The number of fused-ring (bicyclic) bond motifs is 1. The van der Waals surface area contributed by atoms with Gasteiger partial charge in [0.1, 0.15) is 0 Å². The van der Waals surface area contributed by atoms with Crippen LogP contribution in [0.25, 0.3) is 0 Å². The SMILES string of the molecule is CC(CCCNC(=O)c1ccc2c(c1)OCO2)C(=O)O. The lowest BCUT2D eigenvalue weighted by atomic mass is 10.1. The second-order valence-electron chi connectivity index (χ2n) is 4.71. The first-order valence-corrected chi connectivity index (χ1v) is 6.48. The van der Waals surface area contributed by atoms with Crippen LogP contribution >= 0.6 is 0 Å². The highest BCUT2D eigenvalue weighted by Crippen LogP contribution is 2.32. The number of amides is 1. The van der Waals surface area contributed by atoms with Crippen molar-refractivity contribution in [2.24, 2.45) is 5.92 Å². The lowest BCUT2D eigenvalue weighted by Crippen LogP contribution is -2.25. The summed E-state index contributed by atoms with van der Waals surface area (Å²) in [5.41, 5.74) is 0.500. The molecule has 1 amide bonds. The molecular formula is C14H17NO5. The number of carboxylic acid groups (broad SMARTS) is 1. The topological polar surface area (TPSA) is 84.9 Å². The zero-order valence-corrected chi connectivity index (χ0v) is 11.2. The van der Waals surface area contributed by atoms with Crippen LogP contribution in [0.15, 0.2) is 18.2 Å². The third-order valence-electron chi connectivity index (χ3n) is 3.16. The van der Waals surface area contributed by atoms with Gasteiger partial charge in [0, 0.05) is 12.1 Å². The maximum atomic E-state index is 11.9. The largest absolute Gasteiger partial charge is 0.481 e. The predicted molar refractivity (Wildman–Crippen MR) is 70.9 cm³/mol. The van der Waals surface area contributed by atoms with E-state index in [4.69, 9.17) is 14.6 Å². The Labute approximate surface area is 116 Å². The van der Waals surface area contributed by atoms with Crippen molar-refractivity contribution in [3.63, 3.8) is 0 Å². The van der Waals surface area contributed by atoms with Crippen LogP contribution in [-0.4, -0.2) is 30.3 Å². The number of carbonyl (C=O) groups is 2. The second-order valence-corrected chi connectivity index (χ2v) is 4.71.